The van der Waals surface area contributed by atoms with E-state index >= 15 is 0 Å². The van der Waals surface area contributed by atoms with Gasteiger partial charge in [0, 0.05) is 27.2 Å². The van der Waals surface area contributed by atoms with Crippen molar-refractivity contribution in [2.75, 3.05) is 0 Å². The van der Waals surface area contributed by atoms with Crippen LogP contribution in [0, 0.1) is 23.7 Å². The predicted octanol–water partition coefficient (Wildman–Crippen LogP) is 5.39. The zero-order valence-corrected chi connectivity index (χ0v) is 17.0. The SMILES string of the molecule is C(#Cc1cc2ccccc2[nH]1)c1ccc2ccc(C#Cc3cc4ccccc4[nH]3)nc2n1. The van der Waals surface area contributed by atoms with E-state index in [0.717, 1.165) is 38.6 Å². The lowest BCUT2D eigenvalue weighted by Crippen LogP contribution is -1.90. The minimum atomic E-state index is 0.636. The zero-order valence-electron chi connectivity index (χ0n) is 17.0. The third-order valence-electron chi connectivity index (χ3n) is 5.26. The lowest BCUT2D eigenvalue weighted by molar-refractivity contribution is 1.24. The van der Waals surface area contributed by atoms with Gasteiger partial charge in [0.15, 0.2) is 5.65 Å². The van der Waals surface area contributed by atoms with Crippen molar-refractivity contribution < 1.29 is 0 Å². The largest absolute Gasteiger partial charge is 0.348 e. The highest BCUT2D eigenvalue weighted by molar-refractivity contribution is 5.82. The second kappa shape index (κ2) is 7.47. The third kappa shape index (κ3) is 3.47. The van der Waals surface area contributed by atoms with Crippen LogP contribution in [0.1, 0.15) is 22.8 Å². The maximum atomic E-state index is 4.62. The van der Waals surface area contributed by atoms with E-state index in [1.807, 2.05) is 72.8 Å². The summed E-state index contributed by atoms with van der Waals surface area (Å²) < 4.78 is 0. The lowest BCUT2D eigenvalue weighted by atomic mass is 10.2. The predicted molar refractivity (Wildman–Crippen MR) is 128 cm³/mol. The first-order chi connectivity index (χ1) is 15.8. The smallest absolute Gasteiger partial charge is 0.161 e. The first-order valence-electron chi connectivity index (χ1n) is 10.3. The van der Waals surface area contributed by atoms with Crippen molar-refractivity contribution in [1.82, 2.24) is 19.9 Å². The molecule has 2 N–H and O–H groups in total. The molecular weight excluding hydrogens is 392 g/mol. The highest BCUT2D eigenvalue weighted by Crippen LogP contribution is 2.16. The minimum Gasteiger partial charge on any atom is -0.348 e. The number of hydrogen-bond donors (Lipinski definition) is 2. The van der Waals surface area contributed by atoms with Gasteiger partial charge < -0.3 is 9.97 Å². The highest BCUT2D eigenvalue weighted by Gasteiger charge is 2.01. The number of fused-ring (bicyclic) bond motifs is 3. The number of rotatable bonds is 0. The van der Waals surface area contributed by atoms with Gasteiger partial charge in [-0.3, -0.25) is 0 Å². The summed E-state index contributed by atoms with van der Waals surface area (Å²) in [4.78, 5) is 15.9. The molecule has 4 heteroatoms. The van der Waals surface area contributed by atoms with Crippen LogP contribution in [0.4, 0.5) is 0 Å². The van der Waals surface area contributed by atoms with Crippen LogP contribution in [0.5, 0.6) is 0 Å². The molecular formula is C28H16N4. The topological polar surface area (TPSA) is 57.4 Å². The second-order valence-corrected chi connectivity index (χ2v) is 7.48. The number of benzene rings is 2. The molecule has 0 amide bonds. The van der Waals surface area contributed by atoms with Gasteiger partial charge in [-0.25, -0.2) is 9.97 Å². The first kappa shape index (κ1) is 18.0. The maximum absolute atomic E-state index is 4.62. The van der Waals surface area contributed by atoms with Crippen LogP contribution in [0.25, 0.3) is 32.8 Å². The Hall–Kier alpha value is -4.80. The molecule has 32 heavy (non-hydrogen) atoms. The van der Waals surface area contributed by atoms with Gasteiger partial charge in [-0.05, 0) is 72.2 Å². The van der Waals surface area contributed by atoms with E-state index in [1.54, 1.807) is 0 Å². The molecule has 4 aromatic heterocycles. The number of nitrogens with one attached hydrogen (secondary N) is 2. The molecule has 4 nitrogen and oxygen atoms in total. The Kier molecular flexibility index (Phi) is 4.20. The molecule has 6 aromatic rings. The fraction of sp³-hybridized carbons (Fsp3) is 0. The molecule has 2 aromatic carbocycles. The van der Waals surface area contributed by atoms with E-state index in [2.05, 4.69) is 55.8 Å². The van der Waals surface area contributed by atoms with E-state index in [9.17, 15) is 0 Å². The molecule has 0 spiro atoms. The number of aromatic nitrogens is 4. The van der Waals surface area contributed by atoms with Crippen molar-refractivity contribution >= 4 is 32.8 Å². The van der Waals surface area contributed by atoms with E-state index in [4.69, 9.17) is 0 Å². The molecule has 0 unspecified atom stereocenters. The highest BCUT2D eigenvalue weighted by atomic mass is 14.9. The average molecular weight is 408 g/mol. The molecule has 6 rings (SSSR count). The Labute approximate surface area is 184 Å². The summed E-state index contributed by atoms with van der Waals surface area (Å²) in [6, 6.07) is 28.1. The van der Waals surface area contributed by atoms with Gasteiger partial charge in [-0.15, -0.1) is 0 Å². The third-order valence-corrected chi connectivity index (χ3v) is 5.26. The summed E-state index contributed by atoms with van der Waals surface area (Å²) in [5, 5.41) is 3.24. The van der Waals surface area contributed by atoms with Crippen LogP contribution in [-0.4, -0.2) is 19.9 Å². The fourth-order valence-corrected chi connectivity index (χ4v) is 3.68. The number of H-pyrrole nitrogens is 2. The van der Waals surface area contributed by atoms with Gasteiger partial charge in [0.1, 0.15) is 11.4 Å². The summed E-state index contributed by atoms with van der Waals surface area (Å²) in [5.74, 6) is 12.6. The lowest BCUT2D eigenvalue weighted by Gasteiger charge is -1.98. The molecule has 0 bridgehead atoms. The first-order valence-corrected chi connectivity index (χ1v) is 10.3. The molecule has 4 heterocycles. The molecule has 0 aliphatic carbocycles. The van der Waals surface area contributed by atoms with Crippen LogP contribution in [0.2, 0.25) is 0 Å². The van der Waals surface area contributed by atoms with Crippen molar-refractivity contribution in [1.29, 1.82) is 0 Å². The van der Waals surface area contributed by atoms with Gasteiger partial charge in [0.25, 0.3) is 0 Å². The van der Waals surface area contributed by atoms with E-state index < -0.39 is 0 Å². The molecule has 0 saturated carbocycles. The Morgan fingerprint density at radius 1 is 0.500 bits per heavy atom. The molecule has 0 aliphatic rings. The van der Waals surface area contributed by atoms with Crippen LogP contribution in [0.15, 0.2) is 84.9 Å². The molecule has 0 aliphatic heterocycles. The van der Waals surface area contributed by atoms with E-state index in [0.29, 0.717) is 17.0 Å². The van der Waals surface area contributed by atoms with E-state index in [-0.39, 0.29) is 0 Å². The summed E-state index contributed by atoms with van der Waals surface area (Å²) in [7, 11) is 0. The summed E-state index contributed by atoms with van der Waals surface area (Å²) in [6.07, 6.45) is 0. The second-order valence-electron chi connectivity index (χ2n) is 7.48. The van der Waals surface area contributed by atoms with Crippen LogP contribution in [0.3, 0.4) is 0 Å². The van der Waals surface area contributed by atoms with Gasteiger partial charge in [0.2, 0.25) is 0 Å². The van der Waals surface area contributed by atoms with Crippen molar-refractivity contribution in [3.8, 4) is 23.7 Å². The number of aromatic amines is 2. The number of nitrogens with zero attached hydrogens (tertiary/aromatic N) is 2. The Bertz CT molecular complexity index is 1550. The van der Waals surface area contributed by atoms with Crippen molar-refractivity contribution in [2.24, 2.45) is 0 Å². The van der Waals surface area contributed by atoms with Crippen LogP contribution < -0.4 is 0 Å². The summed E-state index contributed by atoms with van der Waals surface area (Å²) >= 11 is 0. The zero-order chi connectivity index (χ0) is 21.3. The standard InChI is InChI=1S/C28H16N4/c1-3-7-26-20(5-1)17-24(29-26)15-13-22-11-9-19-10-12-23(32-28(19)31-22)14-16-25-18-21-6-2-4-8-27(21)30-25/h1-12,17-18,29-30H. The number of para-hydroxylation sites is 2. The normalized spacial score (nSPS) is 10.6. The van der Waals surface area contributed by atoms with Crippen molar-refractivity contribution in [3.05, 3.63) is 108 Å². The molecule has 0 atom stereocenters. The Morgan fingerprint density at radius 3 is 1.50 bits per heavy atom. The van der Waals surface area contributed by atoms with Crippen LogP contribution >= 0.6 is 0 Å². The quantitative estimate of drug-likeness (QED) is 0.331. The number of hydrogen-bond acceptors (Lipinski definition) is 2. The molecule has 0 radical (unpaired) electrons. The monoisotopic (exact) mass is 408 g/mol. The van der Waals surface area contributed by atoms with Gasteiger partial charge >= 0.3 is 0 Å². The van der Waals surface area contributed by atoms with Crippen LogP contribution in [-0.2, 0) is 0 Å². The molecule has 0 fully saturated rings. The van der Waals surface area contributed by atoms with Gasteiger partial charge in [-0.2, -0.15) is 0 Å². The van der Waals surface area contributed by atoms with Crippen molar-refractivity contribution in [2.45, 2.75) is 0 Å². The summed E-state index contributed by atoms with van der Waals surface area (Å²) in [6.45, 7) is 0. The number of pyridine rings is 2. The Balaban J connectivity index is 1.31. The van der Waals surface area contributed by atoms with Gasteiger partial charge in [-0.1, -0.05) is 36.4 Å². The minimum absolute atomic E-state index is 0.636. The Morgan fingerprint density at radius 2 is 1.00 bits per heavy atom. The van der Waals surface area contributed by atoms with Crippen molar-refractivity contribution in [3.63, 3.8) is 0 Å². The molecule has 148 valence electrons. The summed E-state index contributed by atoms with van der Waals surface area (Å²) in [5.41, 5.74) is 5.84. The van der Waals surface area contributed by atoms with Gasteiger partial charge in [0.05, 0.1) is 11.4 Å². The fourth-order valence-electron chi connectivity index (χ4n) is 3.68. The average Bonchev–Trinajstić information content (AvgIpc) is 3.44. The molecule has 0 saturated heterocycles. The maximum Gasteiger partial charge on any atom is 0.161 e. The van der Waals surface area contributed by atoms with E-state index in [1.165, 1.54) is 0 Å².